The first-order chi connectivity index (χ1) is 17.0. The third-order valence-electron chi connectivity index (χ3n) is 4.45. The van der Waals surface area contributed by atoms with Crippen molar-refractivity contribution in [3.63, 3.8) is 0 Å². The van der Waals surface area contributed by atoms with Crippen LogP contribution in [-0.4, -0.2) is 43.9 Å². The van der Waals surface area contributed by atoms with Gasteiger partial charge in [0, 0.05) is 18.6 Å². The molecule has 0 aliphatic heterocycles. The lowest BCUT2D eigenvalue weighted by atomic mass is 10.2. The summed E-state index contributed by atoms with van der Waals surface area (Å²) < 4.78 is 69.4. The molecule has 188 valence electrons. The quantitative estimate of drug-likeness (QED) is 0.253. The van der Waals surface area contributed by atoms with Gasteiger partial charge in [-0.25, -0.2) is 13.8 Å². The van der Waals surface area contributed by atoms with Gasteiger partial charge in [-0.05, 0) is 18.2 Å². The number of carbonyl (C=O) groups excluding carboxylic acids is 1. The van der Waals surface area contributed by atoms with Gasteiger partial charge in [0.15, 0.2) is 12.3 Å². The van der Waals surface area contributed by atoms with Crippen LogP contribution in [0.25, 0.3) is 11.2 Å². The van der Waals surface area contributed by atoms with E-state index >= 15 is 0 Å². The zero-order valence-electron chi connectivity index (χ0n) is 17.5. The molecule has 0 bridgehead atoms. The number of fused-ring (bicyclic) bond motifs is 1. The van der Waals surface area contributed by atoms with E-state index in [2.05, 4.69) is 35.6 Å². The topological polar surface area (TPSA) is 118 Å². The van der Waals surface area contributed by atoms with Crippen LogP contribution in [0, 0.1) is 0 Å². The van der Waals surface area contributed by atoms with Crippen molar-refractivity contribution >= 4 is 57.7 Å². The number of ether oxygens (including phenoxy) is 1. The van der Waals surface area contributed by atoms with E-state index in [0.717, 1.165) is 12.3 Å². The Morgan fingerprint density at radius 1 is 1.14 bits per heavy atom. The first-order valence-electron chi connectivity index (χ1n) is 9.73. The molecule has 0 saturated heterocycles. The lowest BCUT2D eigenvalue weighted by Crippen LogP contribution is -2.18. The van der Waals surface area contributed by atoms with E-state index in [9.17, 15) is 26.7 Å². The predicted molar refractivity (Wildman–Crippen MR) is 120 cm³/mol. The number of carbonyl (C=O) groups is 1. The second-order valence-corrected chi connectivity index (χ2v) is 7.80. The first-order valence-corrected chi connectivity index (χ1v) is 10.5. The number of rotatable bonds is 7. The standard InChI is InChI=1S/C20H12Cl2F5N7O2/c21-10-5-28-6-11(22)15(10)32-19-30-12-4-9(18(33-16(12)34-19)36-7-13(23)24)17(35)31-14-3-8(1-2-29-14)20(25,26)27/h1-6,13H,7H2,(H,29,31,35)(H2,28,30,32,33,34). The van der Waals surface area contributed by atoms with E-state index in [-0.39, 0.29) is 38.4 Å². The van der Waals surface area contributed by atoms with E-state index in [1.54, 1.807) is 0 Å². The number of imidazole rings is 1. The average Bonchev–Trinajstić information content (AvgIpc) is 3.20. The predicted octanol–water partition coefficient (Wildman–Crippen LogP) is 5.71. The van der Waals surface area contributed by atoms with Gasteiger partial charge in [-0.15, -0.1) is 0 Å². The lowest BCUT2D eigenvalue weighted by Gasteiger charge is -2.11. The zero-order valence-corrected chi connectivity index (χ0v) is 19.0. The molecule has 3 N–H and O–H groups in total. The molecule has 1 amide bonds. The fraction of sp³-hybridized carbons (Fsp3) is 0.150. The molecule has 0 spiro atoms. The molecular formula is C20H12Cl2F5N7O2. The zero-order chi connectivity index (χ0) is 26.0. The molecule has 4 aromatic rings. The van der Waals surface area contributed by atoms with Gasteiger partial charge in [-0.3, -0.25) is 9.78 Å². The molecule has 0 radical (unpaired) electrons. The average molecular weight is 548 g/mol. The highest BCUT2D eigenvalue weighted by atomic mass is 35.5. The van der Waals surface area contributed by atoms with Crippen LogP contribution in [0.5, 0.6) is 5.88 Å². The fourth-order valence-electron chi connectivity index (χ4n) is 2.91. The number of nitrogens with one attached hydrogen (secondary N) is 3. The molecule has 0 aliphatic rings. The maximum absolute atomic E-state index is 13.0. The van der Waals surface area contributed by atoms with Gasteiger partial charge >= 0.3 is 6.18 Å². The van der Waals surface area contributed by atoms with E-state index < -0.39 is 42.4 Å². The Balaban J connectivity index is 1.68. The van der Waals surface area contributed by atoms with Crippen LogP contribution in [0.1, 0.15) is 15.9 Å². The van der Waals surface area contributed by atoms with Crippen molar-refractivity contribution in [2.45, 2.75) is 12.6 Å². The summed E-state index contributed by atoms with van der Waals surface area (Å²) in [5, 5.41) is 5.34. The van der Waals surface area contributed by atoms with Gasteiger partial charge in [0.1, 0.15) is 11.4 Å². The van der Waals surface area contributed by atoms with E-state index in [4.69, 9.17) is 27.9 Å². The molecule has 4 rings (SSSR count). The van der Waals surface area contributed by atoms with Gasteiger partial charge in [-0.1, -0.05) is 23.2 Å². The largest absolute Gasteiger partial charge is 0.471 e. The second kappa shape index (κ2) is 10.1. The number of halogens is 7. The number of hydrogen-bond acceptors (Lipinski definition) is 7. The SMILES string of the molecule is O=C(Nc1cc(C(F)(F)F)ccn1)c1cc2[nH]c(Nc3c(Cl)cncc3Cl)nc2nc1OCC(F)F. The molecule has 9 nitrogen and oxygen atoms in total. The number of alkyl halides is 5. The monoisotopic (exact) mass is 547 g/mol. The van der Waals surface area contributed by atoms with Crippen LogP contribution in [0.3, 0.4) is 0 Å². The minimum Gasteiger partial charge on any atom is -0.471 e. The van der Waals surface area contributed by atoms with E-state index in [1.165, 1.54) is 18.5 Å². The Kier molecular flexibility index (Phi) is 7.08. The summed E-state index contributed by atoms with van der Waals surface area (Å²) in [5.74, 6) is -1.89. The van der Waals surface area contributed by atoms with Crippen LogP contribution < -0.4 is 15.4 Å². The van der Waals surface area contributed by atoms with Crippen molar-refractivity contribution in [1.29, 1.82) is 0 Å². The van der Waals surface area contributed by atoms with Crippen molar-refractivity contribution in [3.05, 3.63) is 58.0 Å². The molecule has 4 aromatic heterocycles. The maximum Gasteiger partial charge on any atom is 0.416 e. The molecule has 0 saturated carbocycles. The van der Waals surface area contributed by atoms with Crippen LogP contribution >= 0.6 is 23.2 Å². The summed E-state index contributed by atoms with van der Waals surface area (Å²) in [7, 11) is 0. The second-order valence-electron chi connectivity index (χ2n) is 6.98. The first kappa shape index (κ1) is 25.3. The number of hydrogen-bond donors (Lipinski definition) is 3. The summed E-state index contributed by atoms with van der Waals surface area (Å²) in [5.41, 5.74) is -1.02. The molecular weight excluding hydrogens is 536 g/mol. The summed E-state index contributed by atoms with van der Waals surface area (Å²) >= 11 is 12.1. The normalized spacial score (nSPS) is 11.7. The van der Waals surface area contributed by atoms with Gasteiger partial charge in [0.25, 0.3) is 12.3 Å². The third-order valence-corrected chi connectivity index (χ3v) is 5.03. The molecule has 16 heteroatoms. The Morgan fingerprint density at radius 3 is 2.53 bits per heavy atom. The number of H-pyrrole nitrogens is 1. The van der Waals surface area contributed by atoms with Gasteiger partial charge in [-0.2, -0.15) is 23.1 Å². The third kappa shape index (κ3) is 5.71. The Labute approximate surface area is 208 Å². The maximum atomic E-state index is 13.0. The number of anilines is 3. The van der Waals surface area contributed by atoms with Crippen molar-refractivity contribution < 1.29 is 31.5 Å². The Morgan fingerprint density at radius 2 is 1.86 bits per heavy atom. The van der Waals surface area contributed by atoms with Crippen LogP contribution in [0.15, 0.2) is 36.8 Å². The number of nitrogens with zero attached hydrogens (tertiary/aromatic N) is 4. The molecule has 0 unspecified atom stereocenters. The lowest BCUT2D eigenvalue weighted by molar-refractivity contribution is -0.137. The highest BCUT2D eigenvalue weighted by molar-refractivity contribution is 6.39. The molecule has 0 fully saturated rings. The highest BCUT2D eigenvalue weighted by Gasteiger charge is 2.31. The highest BCUT2D eigenvalue weighted by Crippen LogP contribution is 2.32. The smallest absolute Gasteiger partial charge is 0.416 e. The van der Waals surface area contributed by atoms with Crippen molar-refractivity contribution in [2.75, 3.05) is 17.2 Å². The molecule has 36 heavy (non-hydrogen) atoms. The number of aromatic amines is 1. The molecule has 0 aliphatic carbocycles. The van der Waals surface area contributed by atoms with Crippen molar-refractivity contribution in [1.82, 2.24) is 24.9 Å². The van der Waals surface area contributed by atoms with Gasteiger partial charge in [0.2, 0.25) is 11.8 Å². The van der Waals surface area contributed by atoms with Gasteiger partial charge in [0.05, 0.1) is 26.8 Å². The van der Waals surface area contributed by atoms with Crippen LogP contribution in [0.2, 0.25) is 10.0 Å². The van der Waals surface area contributed by atoms with Crippen LogP contribution in [0.4, 0.5) is 39.4 Å². The van der Waals surface area contributed by atoms with Gasteiger partial charge < -0.3 is 20.4 Å². The summed E-state index contributed by atoms with van der Waals surface area (Å²) in [4.78, 5) is 31.3. The summed E-state index contributed by atoms with van der Waals surface area (Å²) in [6, 6.07) is 2.52. The Hall–Kier alpha value is -3.78. The number of aromatic nitrogens is 5. The summed E-state index contributed by atoms with van der Waals surface area (Å²) in [6.45, 7) is -1.10. The Bertz CT molecular complexity index is 1410. The fourth-order valence-corrected chi connectivity index (χ4v) is 3.37. The minimum atomic E-state index is -4.67. The molecule has 4 heterocycles. The van der Waals surface area contributed by atoms with E-state index in [0.29, 0.717) is 6.07 Å². The molecule has 0 atom stereocenters. The summed E-state index contributed by atoms with van der Waals surface area (Å²) in [6.07, 6.45) is -4.05. The molecule has 0 aromatic carbocycles. The van der Waals surface area contributed by atoms with Crippen molar-refractivity contribution in [2.24, 2.45) is 0 Å². The minimum absolute atomic E-state index is 0.0307. The number of amides is 1. The number of pyridine rings is 3. The van der Waals surface area contributed by atoms with Crippen molar-refractivity contribution in [3.8, 4) is 5.88 Å². The van der Waals surface area contributed by atoms with E-state index in [1.807, 2.05) is 0 Å². The van der Waals surface area contributed by atoms with Crippen LogP contribution in [-0.2, 0) is 6.18 Å².